The summed E-state index contributed by atoms with van der Waals surface area (Å²) in [6.45, 7) is 1.94. The van der Waals surface area contributed by atoms with Gasteiger partial charge in [0.2, 0.25) is 0 Å². The molecule has 0 radical (unpaired) electrons. The molecule has 1 aromatic rings. The van der Waals surface area contributed by atoms with Crippen molar-refractivity contribution in [1.82, 2.24) is 4.98 Å². The average Bonchev–Trinajstić information content (AvgIpc) is 3.02. The fourth-order valence-electron chi connectivity index (χ4n) is 1.32. The zero-order chi connectivity index (χ0) is 10.8. The molecule has 0 unspecified atom stereocenters. The maximum atomic E-state index is 10.5. The molecule has 2 rings (SSSR count). The molecule has 0 atom stereocenters. The van der Waals surface area contributed by atoms with E-state index in [1.807, 2.05) is 6.92 Å². The lowest BCUT2D eigenvalue weighted by Gasteiger charge is -2.06. The fourth-order valence-corrected chi connectivity index (χ4v) is 1.32. The lowest BCUT2D eigenvalue weighted by atomic mass is 10.2. The molecule has 1 fully saturated rings. The Morgan fingerprint density at radius 2 is 2.40 bits per heavy atom. The molecule has 0 aromatic carbocycles. The molecule has 5 nitrogen and oxygen atoms in total. The molecule has 0 aliphatic heterocycles. The molecule has 0 saturated heterocycles. The van der Waals surface area contributed by atoms with Crippen molar-refractivity contribution in [3.05, 3.63) is 27.9 Å². The number of pyridine rings is 1. The van der Waals surface area contributed by atoms with E-state index in [9.17, 15) is 10.1 Å². The van der Waals surface area contributed by atoms with E-state index < -0.39 is 4.92 Å². The largest absolute Gasteiger partial charge is 0.486 e. The Hall–Kier alpha value is -1.65. The highest BCUT2D eigenvalue weighted by molar-refractivity contribution is 5.37. The Bertz CT molecular complexity index is 388. The first-order valence-corrected chi connectivity index (χ1v) is 5.00. The molecule has 15 heavy (non-hydrogen) atoms. The Balaban J connectivity index is 2.25. The second kappa shape index (κ2) is 3.84. The Morgan fingerprint density at radius 1 is 1.67 bits per heavy atom. The van der Waals surface area contributed by atoms with Gasteiger partial charge in [-0.3, -0.25) is 0 Å². The van der Waals surface area contributed by atoms with E-state index >= 15 is 0 Å². The predicted octanol–water partition coefficient (Wildman–Crippen LogP) is 2.09. The number of aryl methyl sites for hydroxylation is 1. The molecule has 0 bridgehead atoms. The van der Waals surface area contributed by atoms with Crippen molar-refractivity contribution in [1.29, 1.82) is 0 Å². The molecule has 5 heteroatoms. The standard InChI is InChI=1S/C10H12N2O3/c1-2-7-5-10(12(13)14)11-6-9(7)15-8-3-4-8/h5-6,8H,2-4H2,1H3. The summed E-state index contributed by atoms with van der Waals surface area (Å²) in [5.41, 5.74) is 0.851. The van der Waals surface area contributed by atoms with Crippen molar-refractivity contribution in [3.8, 4) is 5.75 Å². The van der Waals surface area contributed by atoms with Gasteiger partial charge in [-0.15, -0.1) is 0 Å². The van der Waals surface area contributed by atoms with Gasteiger partial charge in [0.1, 0.15) is 0 Å². The number of nitrogens with zero attached hydrogens (tertiary/aromatic N) is 2. The van der Waals surface area contributed by atoms with E-state index in [0.717, 1.165) is 18.4 Å². The van der Waals surface area contributed by atoms with E-state index in [2.05, 4.69) is 4.98 Å². The molecule has 0 spiro atoms. The van der Waals surface area contributed by atoms with Crippen LogP contribution >= 0.6 is 0 Å². The van der Waals surface area contributed by atoms with Crippen molar-refractivity contribution < 1.29 is 9.66 Å². The summed E-state index contributed by atoms with van der Waals surface area (Å²) < 4.78 is 5.60. The quantitative estimate of drug-likeness (QED) is 0.561. The highest BCUT2D eigenvalue weighted by Crippen LogP contribution is 2.30. The van der Waals surface area contributed by atoms with Gasteiger partial charge in [-0.25, -0.2) is 0 Å². The number of rotatable bonds is 4. The summed E-state index contributed by atoms with van der Waals surface area (Å²) in [5, 5.41) is 10.5. The smallest absolute Gasteiger partial charge is 0.363 e. The molecule has 1 heterocycles. The van der Waals surface area contributed by atoms with E-state index in [-0.39, 0.29) is 5.82 Å². The summed E-state index contributed by atoms with van der Waals surface area (Å²) in [6.07, 6.45) is 4.60. The summed E-state index contributed by atoms with van der Waals surface area (Å²) in [5.74, 6) is 0.570. The van der Waals surface area contributed by atoms with E-state index in [4.69, 9.17) is 4.74 Å². The molecular formula is C10H12N2O3. The van der Waals surface area contributed by atoms with Crippen LogP contribution in [0.1, 0.15) is 25.3 Å². The number of hydrogen-bond donors (Lipinski definition) is 0. The van der Waals surface area contributed by atoms with Gasteiger partial charge in [-0.2, -0.15) is 0 Å². The number of hydrogen-bond acceptors (Lipinski definition) is 4. The third kappa shape index (κ3) is 2.23. The highest BCUT2D eigenvalue weighted by Gasteiger charge is 2.25. The molecule has 0 amide bonds. The van der Waals surface area contributed by atoms with Crippen LogP contribution in [-0.4, -0.2) is 16.0 Å². The van der Waals surface area contributed by atoms with Gasteiger partial charge in [0.15, 0.2) is 11.9 Å². The minimum absolute atomic E-state index is 0.116. The minimum Gasteiger partial charge on any atom is -0.486 e. The molecule has 0 N–H and O–H groups in total. The number of ether oxygens (including phenoxy) is 1. The molecule has 1 aliphatic rings. The maximum Gasteiger partial charge on any atom is 0.363 e. The summed E-state index contributed by atoms with van der Waals surface area (Å²) in [6, 6.07) is 1.48. The predicted molar refractivity (Wildman–Crippen MR) is 53.9 cm³/mol. The van der Waals surface area contributed by atoms with Crippen LogP contribution < -0.4 is 4.74 Å². The van der Waals surface area contributed by atoms with Crippen LogP contribution in [0.25, 0.3) is 0 Å². The lowest BCUT2D eigenvalue weighted by Crippen LogP contribution is -2.01. The van der Waals surface area contributed by atoms with Crippen molar-refractivity contribution in [2.45, 2.75) is 32.3 Å². The third-order valence-corrected chi connectivity index (χ3v) is 2.32. The Kier molecular flexibility index (Phi) is 2.53. The monoisotopic (exact) mass is 208 g/mol. The first-order valence-electron chi connectivity index (χ1n) is 5.00. The minimum atomic E-state index is -0.486. The van der Waals surface area contributed by atoms with Crippen LogP contribution in [0.15, 0.2) is 12.3 Å². The topological polar surface area (TPSA) is 65.3 Å². The zero-order valence-corrected chi connectivity index (χ0v) is 8.47. The normalized spacial score (nSPS) is 15.0. The van der Waals surface area contributed by atoms with Gasteiger partial charge in [-0.1, -0.05) is 6.92 Å². The number of aromatic nitrogens is 1. The third-order valence-electron chi connectivity index (χ3n) is 2.32. The van der Waals surface area contributed by atoms with Crippen LogP contribution in [0.5, 0.6) is 5.75 Å². The van der Waals surface area contributed by atoms with Crippen LogP contribution in [0, 0.1) is 10.1 Å². The molecule has 1 aliphatic carbocycles. The van der Waals surface area contributed by atoms with Gasteiger partial charge in [0, 0.05) is 11.6 Å². The van der Waals surface area contributed by atoms with E-state index in [0.29, 0.717) is 18.3 Å². The summed E-state index contributed by atoms with van der Waals surface area (Å²) in [4.78, 5) is 13.8. The molecule has 1 aromatic heterocycles. The lowest BCUT2D eigenvalue weighted by molar-refractivity contribution is -0.389. The van der Waals surface area contributed by atoms with Gasteiger partial charge in [0.05, 0.1) is 6.10 Å². The second-order valence-electron chi connectivity index (χ2n) is 3.58. The van der Waals surface area contributed by atoms with Crippen LogP contribution in [0.4, 0.5) is 5.82 Å². The Morgan fingerprint density at radius 3 is 2.93 bits per heavy atom. The zero-order valence-electron chi connectivity index (χ0n) is 8.47. The van der Waals surface area contributed by atoms with Crippen molar-refractivity contribution in [3.63, 3.8) is 0 Å². The van der Waals surface area contributed by atoms with Crippen molar-refractivity contribution in [2.75, 3.05) is 0 Å². The summed E-state index contributed by atoms with van der Waals surface area (Å²) >= 11 is 0. The molecule has 80 valence electrons. The Labute approximate surface area is 87.2 Å². The van der Waals surface area contributed by atoms with Crippen LogP contribution in [0.3, 0.4) is 0 Å². The number of nitro groups is 1. The summed E-state index contributed by atoms with van der Waals surface area (Å²) in [7, 11) is 0. The average molecular weight is 208 g/mol. The van der Waals surface area contributed by atoms with Crippen LogP contribution in [0.2, 0.25) is 0 Å². The second-order valence-corrected chi connectivity index (χ2v) is 3.58. The van der Waals surface area contributed by atoms with Gasteiger partial charge in [0.25, 0.3) is 0 Å². The van der Waals surface area contributed by atoms with E-state index in [1.54, 1.807) is 0 Å². The van der Waals surface area contributed by atoms with Gasteiger partial charge in [-0.05, 0) is 29.2 Å². The highest BCUT2D eigenvalue weighted by atomic mass is 16.6. The van der Waals surface area contributed by atoms with E-state index in [1.165, 1.54) is 12.3 Å². The van der Waals surface area contributed by atoms with Crippen LogP contribution in [-0.2, 0) is 6.42 Å². The van der Waals surface area contributed by atoms with Crippen molar-refractivity contribution in [2.24, 2.45) is 0 Å². The van der Waals surface area contributed by atoms with Crippen molar-refractivity contribution >= 4 is 5.82 Å². The first kappa shape index (κ1) is 9.89. The SMILES string of the molecule is CCc1cc([N+](=O)[O-])ncc1OC1CC1. The molecular weight excluding hydrogens is 196 g/mol. The van der Waals surface area contributed by atoms with Gasteiger partial charge < -0.3 is 14.9 Å². The van der Waals surface area contributed by atoms with Gasteiger partial charge >= 0.3 is 5.82 Å². The fraction of sp³-hybridized carbons (Fsp3) is 0.500. The maximum absolute atomic E-state index is 10.5. The first-order chi connectivity index (χ1) is 7.20. The molecule has 1 saturated carbocycles.